The maximum Gasteiger partial charge on any atom is 0.339 e. The quantitative estimate of drug-likeness (QED) is 0.158. The molecule has 1 aliphatic rings. The second-order valence-electron chi connectivity index (χ2n) is 8.56. The minimum atomic E-state index is -1.58. The molecule has 7 nitrogen and oxygen atoms in total. The molecule has 0 aliphatic carbocycles. The number of anilines is 1. The number of hydrogen-bond donors (Lipinski definition) is 1. The van der Waals surface area contributed by atoms with Crippen molar-refractivity contribution in [2.24, 2.45) is 5.92 Å². The lowest BCUT2D eigenvalue weighted by Gasteiger charge is -2.21. The Bertz CT molecular complexity index is 1540. The first-order valence-electron chi connectivity index (χ1n) is 11.9. The van der Waals surface area contributed by atoms with Gasteiger partial charge in [0, 0.05) is 11.1 Å². The van der Waals surface area contributed by atoms with Crippen LogP contribution < -0.4 is 10.1 Å². The molecule has 184 valence electrons. The molecule has 7 heteroatoms. The predicted octanol–water partition coefficient (Wildman–Crippen LogP) is 5.16. The highest BCUT2D eigenvalue weighted by molar-refractivity contribution is 6.45. The van der Waals surface area contributed by atoms with Crippen LogP contribution >= 0.6 is 0 Å². The zero-order chi connectivity index (χ0) is 25.9. The molecule has 1 amide bonds. The average molecular weight is 494 g/mol. The van der Waals surface area contributed by atoms with Gasteiger partial charge in [0.1, 0.15) is 17.8 Å². The number of rotatable bonds is 8. The van der Waals surface area contributed by atoms with E-state index in [9.17, 15) is 19.2 Å². The smallest absolute Gasteiger partial charge is 0.339 e. The van der Waals surface area contributed by atoms with Gasteiger partial charge in [-0.2, -0.15) is 0 Å². The van der Waals surface area contributed by atoms with E-state index in [0.29, 0.717) is 23.6 Å². The molecule has 0 bridgehead atoms. The van der Waals surface area contributed by atoms with Crippen molar-refractivity contribution in [1.29, 1.82) is 0 Å². The first kappa shape index (κ1) is 23.9. The number of cyclic esters (lactones) is 1. The lowest BCUT2D eigenvalue weighted by molar-refractivity contribution is -0.138. The van der Waals surface area contributed by atoms with Crippen molar-refractivity contribution in [2.75, 3.05) is 11.9 Å². The molecule has 4 aromatic rings. The highest BCUT2D eigenvalue weighted by atomic mass is 16.5. The van der Waals surface area contributed by atoms with E-state index >= 15 is 0 Å². The van der Waals surface area contributed by atoms with E-state index in [4.69, 9.17) is 9.47 Å². The summed E-state index contributed by atoms with van der Waals surface area (Å²) in [4.78, 5) is 53.2. The Kier molecular flexibility index (Phi) is 6.51. The Morgan fingerprint density at radius 3 is 2.41 bits per heavy atom. The molecular weight excluding hydrogens is 470 g/mol. The molecule has 0 fully saturated rings. The summed E-state index contributed by atoms with van der Waals surface area (Å²) in [6.07, 6.45) is -1.23. The summed E-state index contributed by atoms with van der Waals surface area (Å²) >= 11 is 0. The lowest BCUT2D eigenvalue weighted by atomic mass is 9.84. The molecule has 5 rings (SSSR count). The minimum Gasteiger partial charge on any atom is -0.492 e. The second-order valence-corrected chi connectivity index (χ2v) is 8.56. The summed E-state index contributed by atoms with van der Waals surface area (Å²) in [5.74, 6) is -4.47. The van der Waals surface area contributed by atoms with E-state index in [1.54, 1.807) is 73.7 Å². The van der Waals surface area contributed by atoms with Crippen molar-refractivity contribution in [2.45, 2.75) is 13.0 Å². The zero-order valence-electron chi connectivity index (χ0n) is 20.0. The normalized spacial score (nSPS) is 14.9. The Hall–Kier alpha value is -4.78. The average Bonchev–Trinajstić information content (AvgIpc) is 3.25. The van der Waals surface area contributed by atoms with E-state index in [1.165, 1.54) is 0 Å². The minimum absolute atomic E-state index is 0.236. The van der Waals surface area contributed by atoms with Crippen molar-refractivity contribution in [3.8, 4) is 5.75 Å². The van der Waals surface area contributed by atoms with Crippen molar-refractivity contribution < 1.29 is 28.7 Å². The lowest BCUT2D eigenvalue weighted by Crippen LogP contribution is -2.38. The molecule has 0 saturated heterocycles. The molecule has 0 radical (unpaired) electrons. The summed E-state index contributed by atoms with van der Waals surface area (Å²) in [6.45, 7) is 2.16. The molecule has 1 N–H and O–H groups in total. The Morgan fingerprint density at radius 2 is 1.59 bits per heavy atom. The van der Waals surface area contributed by atoms with Crippen molar-refractivity contribution in [3.63, 3.8) is 0 Å². The molecule has 37 heavy (non-hydrogen) atoms. The van der Waals surface area contributed by atoms with E-state index in [2.05, 4.69) is 5.32 Å². The number of nitrogens with one attached hydrogen (secondary N) is 1. The van der Waals surface area contributed by atoms with Gasteiger partial charge in [0.15, 0.2) is 5.78 Å². The highest BCUT2D eigenvalue weighted by Gasteiger charge is 2.46. The number of hydrogen-bond acceptors (Lipinski definition) is 6. The van der Waals surface area contributed by atoms with Gasteiger partial charge in [-0.05, 0) is 42.0 Å². The first-order chi connectivity index (χ1) is 18.0. The Labute approximate surface area is 213 Å². The SMILES string of the molecule is CCOc1ccccc1NC(=O)C(=O)[C@@H](C(=O)c1ccc2ccccc2c1)[C@@H]1OC(=O)c2ccccc21. The number of benzene rings is 4. The topological polar surface area (TPSA) is 98.8 Å². The van der Waals surface area contributed by atoms with Gasteiger partial charge in [0.2, 0.25) is 5.78 Å². The van der Waals surface area contributed by atoms with E-state index < -0.39 is 35.5 Å². The fourth-order valence-electron chi connectivity index (χ4n) is 4.51. The zero-order valence-corrected chi connectivity index (χ0v) is 20.0. The van der Waals surface area contributed by atoms with Crippen LogP contribution in [0.5, 0.6) is 5.75 Å². The number of carbonyl (C=O) groups excluding carboxylic acids is 4. The Morgan fingerprint density at radius 1 is 0.892 bits per heavy atom. The summed E-state index contributed by atoms with van der Waals surface area (Å²) in [5, 5.41) is 4.29. The number of ether oxygens (including phenoxy) is 2. The number of para-hydroxylation sites is 2. The number of carbonyl (C=O) groups is 4. The van der Waals surface area contributed by atoms with Crippen LogP contribution in [0.2, 0.25) is 0 Å². The van der Waals surface area contributed by atoms with Crippen molar-refractivity contribution in [1.82, 2.24) is 0 Å². The van der Waals surface area contributed by atoms with Gasteiger partial charge in [-0.25, -0.2) is 4.79 Å². The number of ketones is 2. The number of Topliss-reactive ketones (excluding diaryl/α,β-unsaturated/α-hetero) is 2. The van der Waals surface area contributed by atoms with E-state index in [-0.39, 0.29) is 11.1 Å². The molecule has 0 unspecified atom stereocenters. The second kappa shape index (κ2) is 10.1. The summed E-state index contributed by atoms with van der Waals surface area (Å²) in [6, 6.07) is 25.8. The summed E-state index contributed by atoms with van der Waals surface area (Å²) in [5.41, 5.74) is 1.18. The third kappa shape index (κ3) is 4.59. The van der Waals surface area contributed by atoms with Gasteiger partial charge in [0.25, 0.3) is 5.91 Å². The molecule has 1 heterocycles. The predicted molar refractivity (Wildman–Crippen MR) is 138 cm³/mol. The number of amides is 1. The molecule has 2 atom stereocenters. The van der Waals surface area contributed by atoms with Crippen LogP contribution in [0, 0.1) is 5.92 Å². The van der Waals surface area contributed by atoms with Crippen molar-refractivity contribution >= 4 is 39.9 Å². The van der Waals surface area contributed by atoms with E-state index in [1.807, 2.05) is 24.3 Å². The van der Waals surface area contributed by atoms with Crippen LogP contribution in [-0.4, -0.2) is 30.0 Å². The molecule has 0 spiro atoms. The molecular formula is C30H23NO6. The fourth-order valence-corrected chi connectivity index (χ4v) is 4.51. The van der Waals surface area contributed by atoms with Crippen LogP contribution in [-0.2, 0) is 14.3 Å². The largest absolute Gasteiger partial charge is 0.492 e. The third-order valence-corrected chi connectivity index (χ3v) is 6.28. The van der Waals surface area contributed by atoms with Crippen LogP contribution in [0.1, 0.15) is 39.3 Å². The van der Waals surface area contributed by atoms with Gasteiger partial charge < -0.3 is 14.8 Å². The maximum absolute atomic E-state index is 13.8. The summed E-state index contributed by atoms with van der Waals surface area (Å²) in [7, 11) is 0. The molecule has 1 aliphatic heterocycles. The number of fused-ring (bicyclic) bond motifs is 2. The standard InChI is InChI=1S/C30H23NO6/c1-2-36-24-14-8-7-13-23(24)31-29(34)27(33)25(28-21-11-5-6-12-22(21)30(35)37-28)26(32)20-16-15-18-9-3-4-10-19(18)17-20/h3-17,25,28H,2H2,1H3,(H,31,34)/t25-,28-/m1/s1. The van der Waals surface area contributed by atoms with Crippen LogP contribution in [0.15, 0.2) is 91.0 Å². The highest BCUT2D eigenvalue weighted by Crippen LogP contribution is 2.38. The molecule has 0 aromatic heterocycles. The monoisotopic (exact) mass is 493 g/mol. The maximum atomic E-state index is 13.8. The fraction of sp³-hybridized carbons (Fsp3) is 0.133. The van der Waals surface area contributed by atoms with Crippen molar-refractivity contribution in [3.05, 3.63) is 108 Å². The summed E-state index contributed by atoms with van der Waals surface area (Å²) < 4.78 is 11.1. The molecule has 4 aromatic carbocycles. The Balaban J connectivity index is 1.53. The van der Waals surface area contributed by atoms with E-state index in [0.717, 1.165) is 10.8 Å². The van der Waals surface area contributed by atoms with Gasteiger partial charge >= 0.3 is 5.97 Å². The number of esters is 1. The van der Waals surface area contributed by atoms with Gasteiger partial charge in [0.05, 0.1) is 17.9 Å². The third-order valence-electron chi connectivity index (χ3n) is 6.28. The van der Waals surface area contributed by atoms with Gasteiger partial charge in [-0.1, -0.05) is 66.7 Å². The molecule has 0 saturated carbocycles. The first-order valence-corrected chi connectivity index (χ1v) is 11.9. The van der Waals surface area contributed by atoms with Gasteiger partial charge in [-0.15, -0.1) is 0 Å². The van der Waals surface area contributed by atoms with Crippen LogP contribution in [0.4, 0.5) is 5.69 Å². The van der Waals surface area contributed by atoms with Gasteiger partial charge in [-0.3, -0.25) is 14.4 Å². The van der Waals surface area contributed by atoms with Crippen LogP contribution in [0.25, 0.3) is 10.8 Å². The van der Waals surface area contributed by atoms with Crippen LogP contribution in [0.3, 0.4) is 0 Å².